The van der Waals surface area contributed by atoms with Crippen LogP contribution in [0, 0.1) is 27.7 Å². The minimum absolute atomic E-state index is 0.0885. The molecule has 1 atom stereocenters. The van der Waals surface area contributed by atoms with Crippen LogP contribution in [-0.4, -0.2) is 26.4 Å². The Labute approximate surface area is 194 Å². The second-order valence-electron chi connectivity index (χ2n) is 7.91. The standard InChI is InChI=1S/C25H30N4O2S/c1-7-11-29-24(20(6)31-22-10-8-9-18(4)19(22)5)27-28-25(29)32-15-23(30)26-21-13-16(2)12-17(3)14-21/h7-10,12-14,20H,1,11,15H2,2-6H3,(H,26,30). The van der Waals surface area contributed by atoms with E-state index in [2.05, 4.69) is 41.1 Å². The molecule has 1 amide bonds. The molecule has 0 saturated heterocycles. The Balaban J connectivity index is 1.70. The van der Waals surface area contributed by atoms with Gasteiger partial charge in [0.15, 0.2) is 17.1 Å². The molecule has 0 saturated carbocycles. The van der Waals surface area contributed by atoms with Crippen molar-refractivity contribution >= 4 is 23.4 Å². The highest BCUT2D eigenvalue weighted by Gasteiger charge is 2.20. The highest BCUT2D eigenvalue weighted by molar-refractivity contribution is 7.99. The summed E-state index contributed by atoms with van der Waals surface area (Å²) in [6.45, 7) is 14.5. The zero-order chi connectivity index (χ0) is 23.3. The Kier molecular flexibility index (Phi) is 7.75. The van der Waals surface area contributed by atoms with Crippen molar-refractivity contribution in [1.82, 2.24) is 14.8 Å². The molecule has 1 unspecified atom stereocenters. The van der Waals surface area contributed by atoms with E-state index in [-0.39, 0.29) is 17.8 Å². The molecule has 0 fully saturated rings. The summed E-state index contributed by atoms with van der Waals surface area (Å²) in [6, 6.07) is 12.0. The highest BCUT2D eigenvalue weighted by Crippen LogP contribution is 2.28. The molecule has 1 aromatic heterocycles. The number of nitrogens with zero attached hydrogens (tertiary/aromatic N) is 3. The maximum atomic E-state index is 12.5. The summed E-state index contributed by atoms with van der Waals surface area (Å²) in [6.07, 6.45) is 1.48. The zero-order valence-corrected chi connectivity index (χ0v) is 20.1. The summed E-state index contributed by atoms with van der Waals surface area (Å²) in [5.41, 5.74) is 5.30. The van der Waals surface area contributed by atoms with Gasteiger partial charge in [-0.05, 0) is 75.1 Å². The Morgan fingerprint density at radius 2 is 1.91 bits per heavy atom. The number of rotatable bonds is 9. The van der Waals surface area contributed by atoms with E-state index in [0.717, 1.165) is 28.1 Å². The predicted octanol–water partition coefficient (Wildman–Crippen LogP) is 5.57. The van der Waals surface area contributed by atoms with E-state index in [1.807, 2.05) is 56.5 Å². The lowest BCUT2D eigenvalue weighted by molar-refractivity contribution is -0.113. The fraction of sp³-hybridized carbons (Fsp3) is 0.320. The van der Waals surface area contributed by atoms with Gasteiger partial charge < -0.3 is 10.1 Å². The minimum Gasteiger partial charge on any atom is -0.482 e. The molecule has 0 spiro atoms. The maximum Gasteiger partial charge on any atom is 0.234 e. The lowest BCUT2D eigenvalue weighted by Gasteiger charge is -2.18. The molecule has 1 heterocycles. The van der Waals surface area contributed by atoms with Crippen LogP contribution in [0.2, 0.25) is 0 Å². The number of aromatic nitrogens is 3. The largest absolute Gasteiger partial charge is 0.482 e. The first-order chi connectivity index (χ1) is 15.3. The fourth-order valence-electron chi connectivity index (χ4n) is 3.48. The molecule has 0 aliphatic rings. The molecule has 32 heavy (non-hydrogen) atoms. The summed E-state index contributed by atoms with van der Waals surface area (Å²) >= 11 is 1.35. The minimum atomic E-state index is -0.304. The Morgan fingerprint density at radius 1 is 1.19 bits per heavy atom. The maximum absolute atomic E-state index is 12.5. The van der Waals surface area contributed by atoms with Gasteiger partial charge in [-0.15, -0.1) is 16.8 Å². The van der Waals surface area contributed by atoms with Gasteiger partial charge in [-0.3, -0.25) is 9.36 Å². The summed E-state index contributed by atoms with van der Waals surface area (Å²) in [5, 5.41) is 12.3. The SMILES string of the molecule is C=CCn1c(SCC(=O)Nc2cc(C)cc(C)c2)nnc1C(C)Oc1cccc(C)c1C. The first-order valence-corrected chi connectivity index (χ1v) is 11.5. The molecule has 1 N–H and O–H groups in total. The first kappa shape index (κ1) is 23.6. The van der Waals surface area contributed by atoms with E-state index in [9.17, 15) is 4.79 Å². The van der Waals surface area contributed by atoms with Crippen LogP contribution in [0.15, 0.2) is 54.2 Å². The number of carbonyl (C=O) groups excluding carboxylic acids is 1. The van der Waals surface area contributed by atoms with Gasteiger partial charge in [0.25, 0.3) is 0 Å². The topological polar surface area (TPSA) is 69.0 Å². The quantitative estimate of drug-likeness (QED) is 0.341. The number of allylic oxidation sites excluding steroid dienone is 1. The summed E-state index contributed by atoms with van der Waals surface area (Å²) in [5.74, 6) is 1.67. The predicted molar refractivity (Wildman–Crippen MR) is 130 cm³/mol. The number of anilines is 1. The normalized spacial score (nSPS) is 11.8. The van der Waals surface area contributed by atoms with Crippen LogP contribution >= 0.6 is 11.8 Å². The van der Waals surface area contributed by atoms with Crippen molar-refractivity contribution in [2.75, 3.05) is 11.1 Å². The van der Waals surface area contributed by atoms with Crippen LogP contribution in [0.1, 0.15) is 41.1 Å². The highest BCUT2D eigenvalue weighted by atomic mass is 32.2. The van der Waals surface area contributed by atoms with E-state index >= 15 is 0 Å². The lowest BCUT2D eigenvalue weighted by Crippen LogP contribution is -2.16. The van der Waals surface area contributed by atoms with Gasteiger partial charge in [0.05, 0.1) is 5.75 Å². The van der Waals surface area contributed by atoms with Crippen molar-refractivity contribution < 1.29 is 9.53 Å². The van der Waals surface area contributed by atoms with Crippen molar-refractivity contribution in [1.29, 1.82) is 0 Å². The van der Waals surface area contributed by atoms with Crippen LogP contribution in [-0.2, 0) is 11.3 Å². The Morgan fingerprint density at radius 3 is 2.59 bits per heavy atom. The van der Waals surface area contributed by atoms with Gasteiger partial charge in [0.1, 0.15) is 5.75 Å². The van der Waals surface area contributed by atoms with Gasteiger partial charge in [0, 0.05) is 12.2 Å². The van der Waals surface area contributed by atoms with E-state index in [1.165, 1.54) is 17.3 Å². The molecular weight excluding hydrogens is 420 g/mol. The van der Waals surface area contributed by atoms with Gasteiger partial charge in [-0.2, -0.15) is 0 Å². The van der Waals surface area contributed by atoms with Crippen molar-refractivity contribution in [2.24, 2.45) is 0 Å². The number of thioether (sulfide) groups is 1. The number of carbonyl (C=O) groups is 1. The molecule has 3 aromatic rings. The molecule has 0 aliphatic carbocycles. The van der Waals surface area contributed by atoms with Crippen LogP contribution in [0.3, 0.4) is 0 Å². The molecule has 7 heteroatoms. The number of nitrogens with one attached hydrogen (secondary N) is 1. The second kappa shape index (κ2) is 10.5. The Bertz CT molecular complexity index is 1100. The number of hydrogen-bond donors (Lipinski definition) is 1. The lowest BCUT2D eigenvalue weighted by atomic mass is 10.1. The number of amides is 1. The Hall–Kier alpha value is -3.06. The number of hydrogen-bond acceptors (Lipinski definition) is 5. The molecule has 0 bridgehead atoms. The van der Waals surface area contributed by atoms with Crippen molar-refractivity contribution in [3.8, 4) is 5.75 Å². The zero-order valence-electron chi connectivity index (χ0n) is 19.3. The van der Waals surface area contributed by atoms with Crippen LogP contribution < -0.4 is 10.1 Å². The molecule has 2 aromatic carbocycles. The summed E-state index contributed by atoms with van der Waals surface area (Å²) in [7, 11) is 0. The molecular formula is C25H30N4O2S. The van der Waals surface area contributed by atoms with Crippen molar-refractivity contribution in [3.05, 3.63) is 77.1 Å². The summed E-state index contributed by atoms with van der Waals surface area (Å²) in [4.78, 5) is 12.5. The first-order valence-electron chi connectivity index (χ1n) is 10.6. The average molecular weight is 451 g/mol. The van der Waals surface area contributed by atoms with E-state index in [4.69, 9.17) is 4.74 Å². The third-order valence-electron chi connectivity index (χ3n) is 5.12. The van der Waals surface area contributed by atoms with Gasteiger partial charge >= 0.3 is 0 Å². The smallest absolute Gasteiger partial charge is 0.234 e. The van der Waals surface area contributed by atoms with E-state index in [0.29, 0.717) is 17.5 Å². The molecule has 0 aliphatic heterocycles. The molecule has 3 rings (SSSR count). The fourth-order valence-corrected chi connectivity index (χ4v) is 4.23. The number of benzene rings is 2. The second-order valence-corrected chi connectivity index (χ2v) is 8.85. The van der Waals surface area contributed by atoms with Crippen LogP contribution in [0.25, 0.3) is 0 Å². The van der Waals surface area contributed by atoms with Crippen LogP contribution in [0.5, 0.6) is 5.75 Å². The van der Waals surface area contributed by atoms with Gasteiger partial charge in [-0.25, -0.2) is 0 Å². The molecule has 168 valence electrons. The molecule has 0 radical (unpaired) electrons. The summed E-state index contributed by atoms with van der Waals surface area (Å²) < 4.78 is 8.14. The monoisotopic (exact) mass is 450 g/mol. The van der Waals surface area contributed by atoms with Crippen molar-refractivity contribution in [2.45, 2.75) is 52.4 Å². The van der Waals surface area contributed by atoms with Crippen molar-refractivity contribution in [3.63, 3.8) is 0 Å². The number of ether oxygens (including phenoxy) is 1. The third-order valence-corrected chi connectivity index (χ3v) is 6.08. The average Bonchev–Trinajstić information content (AvgIpc) is 3.12. The van der Waals surface area contributed by atoms with Gasteiger partial charge in [-0.1, -0.05) is 36.0 Å². The van der Waals surface area contributed by atoms with Crippen LogP contribution in [0.4, 0.5) is 5.69 Å². The third kappa shape index (κ3) is 5.79. The van der Waals surface area contributed by atoms with Gasteiger partial charge in [0.2, 0.25) is 5.91 Å². The van der Waals surface area contributed by atoms with E-state index < -0.39 is 0 Å². The van der Waals surface area contributed by atoms with E-state index in [1.54, 1.807) is 6.08 Å². The number of aryl methyl sites for hydroxylation is 3. The molecule has 6 nitrogen and oxygen atoms in total.